The summed E-state index contributed by atoms with van der Waals surface area (Å²) in [5, 5.41) is 4.21. The van der Waals surface area contributed by atoms with E-state index < -0.39 is 0 Å². The fourth-order valence-electron chi connectivity index (χ4n) is 1.65. The summed E-state index contributed by atoms with van der Waals surface area (Å²) in [6, 6.07) is 5.83. The van der Waals surface area contributed by atoms with Crippen LogP contribution in [0.4, 0.5) is 0 Å². The number of Topliss-reactive ketones (excluding diaryl/α,β-unsaturated/α-hetero) is 1. The normalized spacial score (nSPS) is 10.6. The number of pyridine rings is 1. The Morgan fingerprint density at radius 2 is 2.22 bits per heavy atom. The monoisotopic (exact) mass is 261 g/mol. The van der Waals surface area contributed by atoms with Gasteiger partial charge in [0.2, 0.25) is 0 Å². The van der Waals surface area contributed by atoms with Crippen molar-refractivity contribution >= 4 is 17.1 Å². The Labute approximate surface area is 110 Å². The molecule has 2 heterocycles. The van der Waals surface area contributed by atoms with Crippen LogP contribution < -0.4 is 5.32 Å². The molecule has 1 N–H and O–H groups in total. The van der Waals surface area contributed by atoms with Crippen molar-refractivity contribution in [3.8, 4) is 0 Å². The molecule has 2 rings (SSSR count). The van der Waals surface area contributed by atoms with Crippen LogP contribution in [-0.2, 0) is 13.1 Å². The first-order valence-corrected chi connectivity index (χ1v) is 6.56. The third kappa shape index (κ3) is 3.21. The molecule has 0 aliphatic heterocycles. The van der Waals surface area contributed by atoms with Gasteiger partial charge in [0.05, 0.1) is 16.3 Å². The van der Waals surface area contributed by atoms with Gasteiger partial charge in [-0.2, -0.15) is 0 Å². The van der Waals surface area contributed by atoms with Gasteiger partial charge < -0.3 is 5.32 Å². The molecule has 0 saturated heterocycles. The Balaban J connectivity index is 1.91. The molecule has 0 saturated carbocycles. The third-order valence-corrected chi connectivity index (χ3v) is 3.73. The van der Waals surface area contributed by atoms with Gasteiger partial charge in [-0.1, -0.05) is 6.07 Å². The van der Waals surface area contributed by atoms with Crippen molar-refractivity contribution in [3.63, 3.8) is 0 Å². The van der Waals surface area contributed by atoms with Crippen LogP contribution in [0.3, 0.4) is 0 Å². The molecule has 0 bridgehead atoms. The maximum absolute atomic E-state index is 11.3. The SMILES string of the molecule is CC(=O)c1sc(CNCc2ccccn2)nc1C. The van der Waals surface area contributed by atoms with Crippen molar-refractivity contribution < 1.29 is 4.79 Å². The van der Waals surface area contributed by atoms with Crippen LogP contribution in [0.2, 0.25) is 0 Å². The lowest BCUT2D eigenvalue weighted by Crippen LogP contribution is -2.13. The number of nitrogens with one attached hydrogen (secondary N) is 1. The van der Waals surface area contributed by atoms with Crippen molar-refractivity contribution in [1.29, 1.82) is 0 Å². The fourth-order valence-corrected chi connectivity index (χ4v) is 2.58. The summed E-state index contributed by atoms with van der Waals surface area (Å²) in [4.78, 5) is 20.7. The van der Waals surface area contributed by atoms with Gasteiger partial charge in [-0.15, -0.1) is 11.3 Å². The predicted molar refractivity (Wildman–Crippen MR) is 71.6 cm³/mol. The number of hydrogen-bond donors (Lipinski definition) is 1. The number of thiazole rings is 1. The fraction of sp³-hybridized carbons (Fsp3) is 0.308. The van der Waals surface area contributed by atoms with Crippen LogP contribution in [-0.4, -0.2) is 15.8 Å². The van der Waals surface area contributed by atoms with E-state index in [2.05, 4.69) is 15.3 Å². The molecular formula is C13H15N3OS. The highest BCUT2D eigenvalue weighted by Gasteiger charge is 2.10. The smallest absolute Gasteiger partial charge is 0.171 e. The third-order valence-electron chi connectivity index (χ3n) is 2.47. The molecule has 18 heavy (non-hydrogen) atoms. The van der Waals surface area contributed by atoms with Gasteiger partial charge in [0, 0.05) is 26.2 Å². The second-order valence-electron chi connectivity index (χ2n) is 4.00. The van der Waals surface area contributed by atoms with Gasteiger partial charge in [0.15, 0.2) is 5.78 Å². The summed E-state index contributed by atoms with van der Waals surface area (Å²) in [7, 11) is 0. The van der Waals surface area contributed by atoms with Gasteiger partial charge in [0.25, 0.3) is 0 Å². The molecule has 0 unspecified atom stereocenters. The zero-order valence-electron chi connectivity index (χ0n) is 10.4. The second-order valence-corrected chi connectivity index (χ2v) is 5.09. The number of carbonyl (C=O) groups excluding carboxylic acids is 1. The van der Waals surface area contributed by atoms with Gasteiger partial charge in [-0.25, -0.2) is 4.98 Å². The van der Waals surface area contributed by atoms with E-state index in [9.17, 15) is 4.79 Å². The standard InChI is InChI=1S/C13H15N3OS/c1-9-13(10(2)17)18-12(16-9)8-14-7-11-5-3-4-6-15-11/h3-6,14H,7-8H2,1-2H3. The highest BCUT2D eigenvalue weighted by atomic mass is 32.1. The van der Waals surface area contributed by atoms with E-state index in [0.29, 0.717) is 13.1 Å². The molecule has 0 atom stereocenters. The Morgan fingerprint density at radius 1 is 1.39 bits per heavy atom. The topological polar surface area (TPSA) is 54.9 Å². The van der Waals surface area contributed by atoms with E-state index in [0.717, 1.165) is 21.3 Å². The van der Waals surface area contributed by atoms with Crippen molar-refractivity contribution in [2.24, 2.45) is 0 Å². The zero-order chi connectivity index (χ0) is 13.0. The van der Waals surface area contributed by atoms with Crippen molar-refractivity contribution in [2.45, 2.75) is 26.9 Å². The predicted octanol–water partition coefficient (Wildman–Crippen LogP) is 2.34. The van der Waals surface area contributed by atoms with Crippen LogP contribution in [0.25, 0.3) is 0 Å². The van der Waals surface area contributed by atoms with Crippen LogP contribution in [0.5, 0.6) is 0 Å². The quantitative estimate of drug-likeness (QED) is 0.839. The lowest BCUT2D eigenvalue weighted by molar-refractivity contribution is 0.102. The van der Waals surface area contributed by atoms with Crippen LogP contribution in [0, 0.1) is 6.92 Å². The summed E-state index contributed by atoms with van der Waals surface area (Å²) >= 11 is 1.46. The van der Waals surface area contributed by atoms with Crippen LogP contribution in [0.15, 0.2) is 24.4 Å². The molecule has 0 radical (unpaired) electrons. The summed E-state index contributed by atoms with van der Waals surface area (Å²) in [5.74, 6) is 0.0842. The number of ketones is 1. The summed E-state index contributed by atoms with van der Waals surface area (Å²) in [6.07, 6.45) is 1.78. The number of rotatable bonds is 5. The molecule has 0 aliphatic rings. The Kier molecular flexibility index (Phi) is 4.17. The maximum atomic E-state index is 11.3. The number of carbonyl (C=O) groups is 1. The Hall–Kier alpha value is -1.59. The number of aromatic nitrogens is 2. The lowest BCUT2D eigenvalue weighted by Gasteiger charge is -2.01. The van der Waals surface area contributed by atoms with Crippen molar-refractivity contribution in [1.82, 2.24) is 15.3 Å². The molecule has 4 nitrogen and oxygen atoms in total. The molecule has 0 spiro atoms. The Bertz CT molecular complexity index is 536. The minimum atomic E-state index is 0.0842. The average Bonchev–Trinajstić information content (AvgIpc) is 2.72. The molecule has 94 valence electrons. The van der Waals surface area contributed by atoms with E-state index in [4.69, 9.17) is 0 Å². The van der Waals surface area contributed by atoms with Gasteiger partial charge in [-0.05, 0) is 19.1 Å². The molecular weight excluding hydrogens is 246 g/mol. The first-order chi connectivity index (χ1) is 8.66. The minimum Gasteiger partial charge on any atom is -0.305 e. The zero-order valence-corrected chi connectivity index (χ0v) is 11.3. The number of hydrogen-bond acceptors (Lipinski definition) is 5. The minimum absolute atomic E-state index is 0.0842. The van der Waals surface area contributed by atoms with Gasteiger partial charge >= 0.3 is 0 Å². The van der Waals surface area contributed by atoms with Gasteiger partial charge in [-0.3, -0.25) is 9.78 Å². The van der Waals surface area contributed by atoms with Crippen molar-refractivity contribution in [2.75, 3.05) is 0 Å². The van der Waals surface area contributed by atoms with E-state index in [1.165, 1.54) is 11.3 Å². The molecule has 2 aromatic rings. The summed E-state index contributed by atoms with van der Waals surface area (Å²) < 4.78 is 0. The van der Waals surface area contributed by atoms with E-state index in [1.807, 2.05) is 25.1 Å². The summed E-state index contributed by atoms with van der Waals surface area (Å²) in [6.45, 7) is 4.81. The first-order valence-electron chi connectivity index (χ1n) is 5.74. The lowest BCUT2D eigenvalue weighted by atomic mass is 10.3. The molecule has 5 heteroatoms. The number of aryl methyl sites for hydroxylation is 1. The van der Waals surface area contributed by atoms with E-state index >= 15 is 0 Å². The maximum Gasteiger partial charge on any atom is 0.171 e. The molecule has 0 fully saturated rings. The summed E-state index contributed by atoms with van der Waals surface area (Å²) in [5.41, 5.74) is 1.82. The highest BCUT2D eigenvalue weighted by Crippen LogP contribution is 2.18. The first kappa shape index (κ1) is 12.9. The van der Waals surface area contributed by atoms with E-state index in [1.54, 1.807) is 13.1 Å². The van der Waals surface area contributed by atoms with Crippen molar-refractivity contribution in [3.05, 3.63) is 45.7 Å². The molecule has 0 aromatic carbocycles. The van der Waals surface area contributed by atoms with Gasteiger partial charge in [0.1, 0.15) is 5.01 Å². The Morgan fingerprint density at radius 3 is 2.83 bits per heavy atom. The second kappa shape index (κ2) is 5.84. The molecule has 2 aromatic heterocycles. The molecule has 0 aliphatic carbocycles. The molecule has 0 amide bonds. The van der Waals surface area contributed by atoms with Crippen LogP contribution >= 0.6 is 11.3 Å². The average molecular weight is 261 g/mol. The van der Waals surface area contributed by atoms with E-state index in [-0.39, 0.29) is 5.78 Å². The van der Waals surface area contributed by atoms with Crippen LogP contribution in [0.1, 0.15) is 33.0 Å². The number of nitrogens with zero attached hydrogens (tertiary/aromatic N) is 2. The highest BCUT2D eigenvalue weighted by molar-refractivity contribution is 7.13. The largest absolute Gasteiger partial charge is 0.305 e.